The molecule has 0 aromatic heterocycles. The Labute approximate surface area is 136 Å². The van der Waals surface area contributed by atoms with Crippen molar-refractivity contribution in [3.63, 3.8) is 0 Å². The van der Waals surface area contributed by atoms with Crippen LogP contribution in [-0.4, -0.2) is 30.3 Å². The first-order chi connectivity index (χ1) is 10.7. The number of ether oxygens (including phenoxy) is 2. The third-order valence-corrected chi connectivity index (χ3v) is 2.78. The normalized spacial score (nSPS) is 12.0. The van der Waals surface area contributed by atoms with Crippen molar-refractivity contribution in [2.75, 3.05) is 6.61 Å². The second-order valence-electron chi connectivity index (χ2n) is 5.96. The first kappa shape index (κ1) is 18.5. The van der Waals surface area contributed by atoms with Gasteiger partial charge in [-0.1, -0.05) is 12.1 Å². The molecule has 0 heterocycles. The first-order valence-electron chi connectivity index (χ1n) is 7.40. The van der Waals surface area contributed by atoms with Gasteiger partial charge < -0.3 is 14.8 Å². The molecule has 0 fully saturated rings. The Morgan fingerprint density at radius 3 is 2.35 bits per heavy atom. The van der Waals surface area contributed by atoms with Crippen LogP contribution in [0.3, 0.4) is 0 Å². The summed E-state index contributed by atoms with van der Waals surface area (Å²) in [6.07, 6.45) is -0.423. The fourth-order valence-electron chi connectivity index (χ4n) is 1.84. The molecule has 1 rings (SSSR count). The topological polar surface area (TPSA) is 88.4 Å². The monoisotopic (exact) mass is 318 g/mol. The van der Waals surface area contributed by atoms with E-state index in [1.807, 2.05) is 6.07 Å². The standard InChI is InChI=1S/C17H22N2O4/c1-5-22-15(20)14(19-16(21)23-17(2,3)4)10-12-6-8-13(11-18)9-7-12/h6-9,14H,5,10H2,1-4H3,(H,19,21)/t14-/m1/s1. The lowest BCUT2D eigenvalue weighted by atomic mass is 10.0. The summed E-state index contributed by atoms with van der Waals surface area (Å²) < 4.78 is 10.2. The van der Waals surface area contributed by atoms with Crippen LogP contribution in [0, 0.1) is 11.3 Å². The number of nitriles is 1. The number of amides is 1. The summed E-state index contributed by atoms with van der Waals surface area (Å²) in [7, 11) is 0. The number of nitrogens with one attached hydrogen (secondary N) is 1. The third-order valence-electron chi connectivity index (χ3n) is 2.78. The minimum absolute atomic E-state index is 0.221. The van der Waals surface area contributed by atoms with Gasteiger partial charge in [-0.25, -0.2) is 9.59 Å². The van der Waals surface area contributed by atoms with Gasteiger partial charge in [0.25, 0.3) is 0 Å². The van der Waals surface area contributed by atoms with Crippen molar-refractivity contribution in [1.82, 2.24) is 5.32 Å². The molecular formula is C17H22N2O4. The molecule has 6 heteroatoms. The zero-order valence-corrected chi connectivity index (χ0v) is 13.9. The van der Waals surface area contributed by atoms with Crippen molar-refractivity contribution < 1.29 is 19.1 Å². The minimum atomic E-state index is -0.849. The molecule has 0 aliphatic carbocycles. The van der Waals surface area contributed by atoms with E-state index in [1.165, 1.54) is 0 Å². The van der Waals surface area contributed by atoms with Crippen LogP contribution in [0.5, 0.6) is 0 Å². The van der Waals surface area contributed by atoms with Crippen LogP contribution in [0.25, 0.3) is 0 Å². The maximum atomic E-state index is 12.0. The maximum Gasteiger partial charge on any atom is 0.408 e. The predicted molar refractivity (Wildman–Crippen MR) is 84.7 cm³/mol. The number of hydrogen-bond acceptors (Lipinski definition) is 5. The summed E-state index contributed by atoms with van der Waals surface area (Å²) in [5.74, 6) is -0.525. The second-order valence-corrected chi connectivity index (χ2v) is 5.96. The highest BCUT2D eigenvalue weighted by Crippen LogP contribution is 2.10. The van der Waals surface area contributed by atoms with Gasteiger partial charge in [0.2, 0.25) is 0 Å². The molecule has 1 aromatic rings. The van der Waals surface area contributed by atoms with Gasteiger partial charge >= 0.3 is 12.1 Å². The second kappa shape index (κ2) is 8.18. The molecule has 1 N–H and O–H groups in total. The van der Waals surface area contributed by atoms with Gasteiger partial charge in [-0.3, -0.25) is 0 Å². The predicted octanol–water partition coefficient (Wildman–Crippen LogP) is 2.56. The number of benzene rings is 1. The van der Waals surface area contributed by atoms with E-state index in [-0.39, 0.29) is 13.0 Å². The van der Waals surface area contributed by atoms with E-state index in [2.05, 4.69) is 5.32 Å². The van der Waals surface area contributed by atoms with E-state index < -0.39 is 23.7 Å². The van der Waals surface area contributed by atoms with Gasteiger partial charge in [0.05, 0.1) is 18.2 Å². The molecule has 0 saturated carbocycles. The molecule has 1 aromatic carbocycles. The van der Waals surface area contributed by atoms with Crippen LogP contribution in [0.1, 0.15) is 38.8 Å². The highest BCUT2D eigenvalue weighted by molar-refractivity contribution is 5.81. The van der Waals surface area contributed by atoms with E-state index in [1.54, 1.807) is 52.0 Å². The Morgan fingerprint density at radius 1 is 1.26 bits per heavy atom. The van der Waals surface area contributed by atoms with Gasteiger partial charge in [0.1, 0.15) is 11.6 Å². The van der Waals surface area contributed by atoms with Crippen LogP contribution in [0.2, 0.25) is 0 Å². The van der Waals surface area contributed by atoms with E-state index in [4.69, 9.17) is 14.7 Å². The van der Waals surface area contributed by atoms with Gasteiger partial charge in [0, 0.05) is 6.42 Å². The van der Waals surface area contributed by atoms with Crippen LogP contribution < -0.4 is 5.32 Å². The lowest BCUT2D eigenvalue weighted by Gasteiger charge is -2.23. The SMILES string of the molecule is CCOC(=O)[C@@H](Cc1ccc(C#N)cc1)NC(=O)OC(C)(C)C. The molecule has 1 amide bonds. The van der Waals surface area contributed by atoms with Crippen LogP contribution in [0.15, 0.2) is 24.3 Å². The Morgan fingerprint density at radius 2 is 1.87 bits per heavy atom. The highest BCUT2D eigenvalue weighted by atomic mass is 16.6. The molecule has 1 atom stereocenters. The fraction of sp³-hybridized carbons (Fsp3) is 0.471. The van der Waals surface area contributed by atoms with Gasteiger partial charge in [-0.15, -0.1) is 0 Å². The average molecular weight is 318 g/mol. The average Bonchev–Trinajstić information content (AvgIpc) is 2.45. The number of carbonyl (C=O) groups is 2. The Balaban J connectivity index is 2.81. The number of nitrogens with zero attached hydrogens (tertiary/aromatic N) is 1. The summed E-state index contributed by atoms with van der Waals surface area (Å²) in [5.41, 5.74) is 0.678. The molecule has 0 unspecified atom stereocenters. The number of carbonyl (C=O) groups excluding carboxylic acids is 2. The van der Waals surface area contributed by atoms with Crippen molar-refractivity contribution >= 4 is 12.1 Å². The van der Waals surface area contributed by atoms with Crippen molar-refractivity contribution in [3.8, 4) is 6.07 Å². The van der Waals surface area contributed by atoms with E-state index >= 15 is 0 Å². The summed E-state index contributed by atoms with van der Waals surface area (Å²) >= 11 is 0. The summed E-state index contributed by atoms with van der Waals surface area (Å²) in [4.78, 5) is 23.9. The van der Waals surface area contributed by atoms with Crippen molar-refractivity contribution in [2.24, 2.45) is 0 Å². The molecule has 6 nitrogen and oxygen atoms in total. The summed E-state index contributed by atoms with van der Waals surface area (Å²) in [5, 5.41) is 11.3. The zero-order chi connectivity index (χ0) is 17.5. The lowest BCUT2D eigenvalue weighted by Crippen LogP contribution is -2.45. The molecule has 0 radical (unpaired) electrons. The molecule has 0 aliphatic rings. The smallest absolute Gasteiger partial charge is 0.408 e. The number of esters is 1. The Kier molecular flexibility index (Phi) is 6.58. The van der Waals surface area contributed by atoms with Gasteiger partial charge in [-0.2, -0.15) is 5.26 Å². The molecule has 0 spiro atoms. The molecular weight excluding hydrogens is 296 g/mol. The largest absolute Gasteiger partial charge is 0.464 e. The molecule has 0 aliphatic heterocycles. The number of alkyl carbamates (subject to hydrolysis) is 1. The van der Waals surface area contributed by atoms with Gasteiger partial charge in [0.15, 0.2) is 0 Å². The van der Waals surface area contributed by atoms with Crippen molar-refractivity contribution in [1.29, 1.82) is 5.26 Å². The molecule has 0 bridgehead atoms. The first-order valence-corrected chi connectivity index (χ1v) is 7.40. The van der Waals surface area contributed by atoms with Gasteiger partial charge in [-0.05, 0) is 45.4 Å². The molecule has 23 heavy (non-hydrogen) atoms. The quantitative estimate of drug-likeness (QED) is 0.843. The van der Waals surface area contributed by atoms with E-state index in [0.29, 0.717) is 5.56 Å². The Hall–Kier alpha value is -2.55. The van der Waals surface area contributed by atoms with Crippen molar-refractivity contribution in [2.45, 2.75) is 45.8 Å². The van der Waals surface area contributed by atoms with Crippen LogP contribution in [0.4, 0.5) is 4.79 Å². The van der Waals surface area contributed by atoms with E-state index in [9.17, 15) is 9.59 Å². The lowest BCUT2D eigenvalue weighted by molar-refractivity contribution is -0.145. The Bertz CT molecular complexity index is 582. The number of hydrogen-bond donors (Lipinski definition) is 1. The third kappa shape index (κ3) is 6.83. The van der Waals surface area contributed by atoms with Crippen LogP contribution in [-0.2, 0) is 20.7 Å². The minimum Gasteiger partial charge on any atom is -0.464 e. The zero-order valence-electron chi connectivity index (χ0n) is 13.9. The van der Waals surface area contributed by atoms with Crippen LogP contribution >= 0.6 is 0 Å². The van der Waals surface area contributed by atoms with Crippen molar-refractivity contribution in [3.05, 3.63) is 35.4 Å². The molecule has 124 valence electrons. The fourth-order valence-corrected chi connectivity index (χ4v) is 1.84. The van der Waals surface area contributed by atoms with E-state index in [0.717, 1.165) is 5.56 Å². The maximum absolute atomic E-state index is 12.0. The summed E-state index contributed by atoms with van der Waals surface area (Å²) in [6, 6.07) is 7.97. The number of rotatable bonds is 5. The summed E-state index contributed by atoms with van der Waals surface area (Å²) in [6.45, 7) is 7.15. The highest BCUT2D eigenvalue weighted by Gasteiger charge is 2.25. The molecule has 0 saturated heterocycles.